The van der Waals surface area contributed by atoms with Crippen molar-refractivity contribution in [2.75, 3.05) is 18.2 Å². The fourth-order valence-electron chi connectivity index (χ4n) is 1.71. The first-order valence-electron chi connectivity index (χ1n) is 5.57. The predicted molar refractivity (Wildman–Crippen MR) is 71.8 cm³/mol. The molecule has 2 aromatic carbocycles. The Morgan fingerprint density at radius 1 is 1.22 bits per heavy atom. The second-order valence-electron chi connectivity index (χ2n) is 4.06. The van der Waals surface area contributed by atoms with Crippen molar-refractivity contribution in [2.24, 2.45) is 0 Å². The maximum absolute atomic E-state index is 13.8. The third-order valence-electron chi connectivity index (χ3n) is 2.64. The van der Waals surface area contributed by atoms with Crippen LogP contribution in [-0.4, -0.2) is 7.11 Å². The molecule has 0 unspecified atom stereocenters. The van der Waals surface area contributed by atoms with Gasteiger partial charge in [-0.05, 0) is 24.6 Å². The number of rotatable bonds is 3. The van der Waals surface area contributed by atoms with Crippen LogP contribution in [0, 0.1) is 12.7 Å². The van der Waals surface area contributed by atoms with Gasteiger partial charge >= 0.3 is 0 Å². The van der Waals surface area contributed by atoms with Crippen LogP contribution in [-0.2, 0) is 0 Å². The quantitative estimate of drug-likeness (QED) is 0.815. The van der Waals surface area contributed by atoms with Gasteiger partial charge in [-0.25, -0.2) is 4.39 Å². The summed E-state index contributed by atoms with van der Waals surface area (Å²) in [5, 5.41) is 2.99. The molecule has 94 valence electrons. The highest BCUT2D eigenvalue weighted by Crippen LogP contribution is 2.27. The van der Waals surface area contributed by atoms with Crippen molar-refractivity contribution in [1.82, 2.24) is 0 Å². The Kier molecular flexibility index (Phi) is 3.37. The number of anilines is 3. The molecule has 0 saturated carbocycles. The Morgan fingerprint density at radius 3 is 2.72 bits per heavy atom. The average molecular weight is 246 g/mol. The smallest absolute Gasteiger partial charge is 0.149 e. The Hall–Kier alpha value is -2.23. The van der Waals surface area contributed by atoms with E-state index in [0.717, 1.165) is 0 Å². The van der Waals surface area contributed by atoms with Gasteiger partial charge in [0.15, 0.2) is 0 Å². The lowest BCUT2D eigenvalue weighted by atomic mass is 10.2. The van der Waals surface area contributed by atoms with Gasteiger partial charge in [-0.1, -0.05) is 12.1 Å². The van der Waals surface area contributed by atoms with Crippen LogP contribution in [0.15, 0.2) is 36.4 Å². The number of methoxy groups -OCH3 is 1. The van der Waals surface area contributed by atoms with Crippen LogP contribution in [0.5, 0.6) is 5.75 Å². The maximum atomic E-state index is 13.8. The molecular weight excluding hydrogens is 231 g/mol. The van der Waals surface area contributed by atoms with Crippen LogP contribution in [0.1, 0.15) is 5.56 Å². The molecule has 0 bridgehead atoms. The van der Waals surface area contributed by atoms with Crippen LogP contribution in [0.25, 0.3) is 0 Å². The van der Waals surface area contributed by atoms with E-state index >= 15 is 0 Å². The van der Waals surface area contributed by atoms with Crippen molar-refractivity contribution < 1.29 is 9.13 Å². The van der Waals surface area contributed by atoms with Crippen molar-refractivity contribution in [3.63, 3.8) is 0 Å². The number of nitrogens with two attached hydrogens (primary N) is 1. The molecule has 0 aromatic heterocycles. The molecule has 2 rings (SSSR count). The Labute approximate surface area is 105 Å². The zero-order valence-corrected chi connectivity index (χ0v) is 10.3. The minimum atomic E-state index is -0.265. The number of ether oxygens (including phenoxy) is 1. The van der Waals surface area contributed by atoms with E-state index in [1.807, 2.05) is 0 Å². The van der Waals surface area contributed by atoms with Crippen molar-refractivity contribution in [2.45, 2.75) is 6.92 Å². The van der Waals surface area contributed by atoms with Gasteiger partial charge in [-0.2, -0.15) is 0 Å². The molecule has 0 radical (unpaired) electrons. The van der Waals surface area contributed by atoms with Crippen molar-refractivity contribution in [3.8, 4) is 5.75 Å². The molecule has 0 aliphatic rings. The molecule has 0 aliphatic carbocycles. The molecule has 0 heterocycles. The van der Waals surface area contributed by atoms with Crippen molar-refractivity contribution in [1.29, 1.82) is 0 Å². The van der Waals surface area contributed by atoms with E-state index in [4.69, 9.17) is 10.5 Å². The third-order valence-corrected chi connectivity index (χ3v) is 2.64. The lowest BCUT2D eigenvalue weighted by molar-refractivity contribution is 0.415. The van der Waals surface area contributed by atoms with E-state index in [-0.39, 0.29) is 5.82 Å². The molecule has 3 N–H and O–H groups in total. The van der Waals surface area contributed by atoms with E-state index in [2.05, 4.69) is 5.32 Å². The summed E-state index contributed by atoms with van der Waals surface area (Å²) >= 11 is 0. The van der Waals surface area contributed by atoms with Gasteiger partial charge in [-0.15, -0.1) is 0 Å². The SMILES string of the molecule is COc1cc(N)cc(Nc2cccc(C)c2F)c1. The van der Waals surface area contributed by atoms with E-state index in [1.165, 1.54) is 0 Å². The van der Waals surface area contributed by atoms with Crippen LogP contribution >= 0.6 is 0 Å². The van der Waals surface area contributed by atoms with Crippen LogP contribution < -0.4 is 15.8 Å². The van der Waals surface area contributed by atoms with Crippen LogP contribution in [0.2, 0.25) is 0 Å². The summed E-state index contributed by atoms with van der Waals surface area (Å²) in [4.78, 5) is 0. The van der Waals surface area contributed by atoms with Gasteiger partial charge in [0.25, 0.3) is 0 Å². The summed E-state index contributed by atoms with van der Waals surface area (Å²) in [6, 6.07) is 10.4. The number of aryl methyl sites for hydroxylation is 1. The summed E-state index contributed by atoms with van der Waals surface area (Å²) in [5.41, 5.74) is 8.01. The van der Waals surface area contributed by atoms with E-state index in [0.29, 0.717) is 28.4 Å². The molecule has 0 aliphatic heterocycles. The first-order valence-corrected chi connectivity index (χ1v) is 5.57. The van der Waals surface area contributed by atoms with Crippen LogP contribution in [0.4, 0.5) is 21.5 Å². The lowest BCUT2D eigenvalue weighted by Crippen LogP contribution is -1.97. The molecule has 0 amide bonds. The maximum Gasteiger partial charge on any atom is 0.149 e. The van der Waals surface area contributed by atoms with Gasteiger partial charge in [0.2, 0.25) is 0 Å². The van der Waals surface area contributed by atoms with Gasteiger partial charge < -0.3 is 15.8 Å². The highest BCUT2D eigenvalue weighted by atomic mass is 19.1. The third kappa shape index (κ3) is 2.53. The van der Waals surface area contributed by atoms with Gasteiger partial charge in [-0.3, -0.25) is 0 Å². The fraction of sp³-hybridized carbons (Fsp3) is 0.143. The second kappa shape index (κ2) is 4.96. The number of benzene rings is 2. The normalized spacial score (nSPS) is 10.2. The Balaban J connectivity index is 2.34. The summed E-state index contributed by atoms with van der Waals surface area (Å²) in [5.74, 6) is 0.365. The highest BCUT2D eigenvalue weighted by molar-refractivity contribution is 5.67. The standard InChI is InChI=1S/C14H15FN2O/c1-9-4-3-5-13(14(9)15)17-11-6-10(16)7-12(8-11)18-2/h3-8,17H,16H2,1-2H3. The molecule has 0 spiro atoms. The summed E-state index contributed by atoms with van der Waals surface area (Å²) in [7, 11) is 1.56. The lowest BCUT2D eigenvalue weighted by Gasteiger charge is -2.11. The number of nitrogen functional groups attached to an aromatic ring is 1. The highest BCUT2D eigenvalue weighted by Gasteiger charge is 2.06. The summed E-state index contributed by atoms with van der Waals surface area (Å²) < 4.78 is 19.0. The minimum Gasteiger partial charge on any atom is -0.497 e. The Bertz CT molecular complexity index is 570. The molecular formula is C14H15FN2O. The summed E-state index contributed by atoms with van der Waals surface area (Å²) in [6.45, 7) is 1.72. The molecule has 18 heavy (non-hydrogen) atoms. The number of hydrogen-bond donors (Lipinski definition) is 2. The zero-order chi connectivity index (χ0) is 13.1. The fourth-order valence-corrected chi connectivity index (χ4v) is 1.71. The number of hydrogen-bond acceptors (Lipinski definition) is 3. The molecule has 3 nitrogen and oxygen atoms in total. The predicted octanol–water partition coefficient (Wildman–Crippen LogP) is 3.47. The number of halogens is 1. The monoisotopic (exact) mass is 246 g/mol. The Morgan fingerprint density at radius 2 is 2.00 bits per heavy atom. The van der Waals surface area contributed by atoms with Crippen LogP contribution in [0.3, 0.4) is 0 Å². The summed E-state index contributed by atoms with van der Waals surface area (Å²) in [6.07, 6.45) is 0. The largest absolute Gasteiger partial charge is 0.497 e. The van der Waals surface area contributed by atoms with E-state index in [1.54, 1.807) is 50.4 Å². The van der Waals surface area contributed by atoms with Gasteiger partial charge in [0.1, 0.15) is 11.6 Å². The topological polar surface area (TPSA) is 47.3 Å². The average Bonchev–Trinajstić information content (AvgIpc) is 2.34. The first kappa shape index (κ1) is 12.2. The van der Waals surface area contributed by atoms with E-state index < -0.39 is 0 Å². The zero-order valence-electron chi connectivity index (χ0n) is 10.3. The second-order valence-corrected chi connectivity index (χ2v) is 4.06. The van der Waals surface area contributed by atoms with Gasteiger partial charge in [0, 0.05) is 23.5 Å². The minimum absolute atomic E-state index is 0.265. The first-order chi connectivity index (χ1) is 8.60. The van der Waals surface area contributed by atoms with Gasteiger partial charge in [0.05, 0.1) is 12.8 Å². The molecule has 0 fully saturated rings. The molecule has 4 heteroatoms. The molecule has 2 aromatic rings. The van der Waals surface area contributed by atoms with Crippen molar-refractivity contribution >= 4 is 17.1 Å². The molecule has 0 saturated heterocycles. The van der Waals surface area contributed by atoms with E-state index in [9.17, 15) is 4.39 Å². The molecule has 0 atom stereocenters. The number of nitrogens with one attached hydrogen (secondary N) is 1. The van der Waals surface area contributed by atoms with Crippen molar-refractivity contribution in [3.05, 3.63) is 47.8 Å².